The zero-order valence-electron chi connectivity index (χ0n) is 4.45. The van der Waals surface area contributed by atoms with E-state index >= 15 is 0 Å². The molecule has 0 aromatic heterocycles. The predicted octanol–water partition coefficient (Wildman–Crippen LogP) is -2.02. The molecular formula is B7S. The molecule has 0 fully saturated rings. The molecule has 0 N–H and O–H groups in total. The van der Waals surface area contributed by atoms with Gasteiger partial charge < -0.3 is 0 Å². The minimum absolute atomic E-state index is 0.148. The van der Waals surface area contributed by atoms with Crippen LogP contribution >= 0.6 is 12.1 Å². The summed E-state index contributed by atoms with van der Waals surface area (Å²) >= 11 is 4.55. The Kier molecular flexibility index (Phi) is 4.93. The number of hydrogen-bond donors (Lipinski definition) is 0. The van der Waals surface area contributed by atoms with E-state index in [-0.39, 0.29) is 6.39 Å². The molecule has 0 amide bonds. The van der Waals surface area contributed by atoms with Crippen molar-refractivity contribution in [2.75, 3.05) is 0 Å². The second-order valence-corrected chi connectivity index (χ2v) is 1.76. The maximum absolute atomic E-state index is 5.23. The minimum atomic E-state index is -0.461. The third-order valence-corrected chi connectivity index (χ3v) is 1.14. The van der Waals surface area contributed by atoms with Crippen molar-refractivity contribution in [2.24, 2.45) is 0 Å². The zero-order valence-corrected chi connectivity index (χ0v) is 5.27. The van der Waals surface area contributed by atoms with Crippen molar-refractivity contribution in [3.05, 3.63) is 0 Å². The first-order chi connectivity index (χ1) is 3.72. The van der Waals surface area contributed by atoms with Gasteiger partial charge >= 0.3 is 61.1 Å². The average Bonchev–Trinajstić information content (AvgIpc) is 1.69. The van der Waals surface area contributed by atoms with E-state index in [1.807, 2.05) is 0 Å². The Morgan fingerprint density at radius 1 is 1.38 bits per heavy atom. The summed E-state index contributed by atoms with van der Waals surface area (Å²) in [5.41, 5.74) is 0. The predicted molar refractivity (Wildman–Crippen MR) is 47.9 cm³/mol. The van der Waals surface area contributed by atoms with Crippen molar-refractivity contribution in [3.8, 4) is 0 Å². The van der Waals surface area contributed by atoms with Gasteiger partial charge in [-0.15, -0.1) is 0 Å². The van der Waals surface area contributed by atoms with Gasteiger partial charge in [-0.3, -0.25) is 0 Å². The fourth-order valence-corrected chi connectivity index (χ4v) is 0.537. The van der Waals surface area contributed by atoms with Crippen LogP contribution in [-0.4, -0.2) is 49.1 Å². The van der Waals surface area contributed by atoms with Crippen LogP contribution in [0.4, 0.5) is 0 Å². The van der Waals surface area contributed by atoms with Crippen LogP contribution in [0.25, 0.3) is 0 Å². The molecule has 0 nitrogen and oxygen atoms in total. The van der Waals surface area contributed by atoms with E-state index < -0.39 is 6.39 Å². The summed E-state index contributed by atoms with van der Waals surface area (Å²) in [7, 11) is 16.9. The number of rotatable bonds is 3. The first-order valence-electron chi connectivity index (χ1n) is 2.24. The molecule has 0 unspecified atom stereocenters. The molecule has 0 aliphatic heterocycles. The Morgan fingerprint density at radius 2 is 1.88 bits per heavy atom. The molecule has 0 spiro atoms. The Balaban J connectivity index is 3.51. The summed E-state index contributed by atoms with van der Waals surface area (Å²) in [6.07, 6.45) is -0.609. The van der Waals surface area contributed by atoms with Gasteiger partial charge in [-0.1, -0.05) is 0 Å². The summed E-state index contributed by atoms with van der Waals surface area (Å²) in [5, 5.41) is 0. The second-order valence-electron chi connectivity index (χ2n) is 1.48. The molecule has 7 radical (unpaired) electrons. The molecule has 8 heavy (non-hydrogen) atoms. The Hall–Kier alpha value is 0.675. The van der Waals surface area contributed by atoms with Crippen molar-refractivity contribution in [1.82, 2.24) is 0 Å². The molecule has 0 saturated heterocycles. The van der Waals surface area contributed by atoms with Crippen molar-refractivity contribution in [2.45, 2.75) is 0 Å². The van der Waals surface area contributed by atoms with Crippen LogP contribution in [0.2, 0.25) is 0 Å². The standard InChI is InChI=1S/B7S/c1-4-7(5-8)6(2)3. The number of hydrogen-bond acceptors (Lipinski definition) is 1. The molecule has 0 aliphatic carbocycles. The average molecular weight is 108 g/mol. The van der Waals surface area contributed by atoms with Gasteiger partial charge in [0, 0.05) is 0 Å². The molecule has 8 heteroatoms. The van der Waals surface area contributed by atoms with Gasteiger partial charge in [-0.05, 0) is 0 Å². The van der Waals surface area contributed by atoms with Crippen LogP contribution in [0, 0.1) is 0 Å². The molecule has 0 aromatic rings. The summed E-state index contributed by atoms with van der Waals surface area (Å²) in [6, 6.07) is 1.45. The Bertz CT molecular complexity index is 66.8. The molecule has 0 aliphatic rings. The van der Waals surface area contributed by atoms with Gasteiger partial charge in [0.25, 0.3) is 0 Å². The van der Waals surface area contributed by atoms with Crippen LogP contribution < -0.4 is 0 Å². The van der Waals surface area contributed by atoms with E-state index in [2.05, 4.69) is 12.1 Å². The van der Waals surface area contributed by atoms with Gasteiger partial charge in [0.2, 0.25) is 0 Å². The van der Waals surface area contributed by atoms with Gasteiger partial charge in [0.05, 0.1) is 0 Å². The summed E-state index contributed by atoms with van der Waals surface area (Å²) < 4.78 is 0. The monoisotopic (exact) mass is 109 g/mol. The molecule has 0 aromatic carbocycles. The first kappa shape index (κ1) is 8.67. The first-order valence-corrected chi connectivity index (χ1v) is 2.71. The third kappa shape index (κ3) is 2.86. The van der Waals surface area contributed by atoms with E-state index in [1.54, 1.807) is 0 Å². The van der Waals surface area contributed by atoms with Crippen LogP contribution in [0.3, 0.4) is 0 Å². The Morgan fingerprint density at radius 3 is 1.88 bits per heavy atom. The molecule has 0 heterocycles. The van der Waals surface area contributed by atoms with E-state index in [0.717, 1.165) is 0 Å². The normalized spacial score (nSPS) is 7.00. The summed E-state index contributed by atoms with van der Waals surface area (Å²) in [4.78, 5) is 0. The van der Waals surface area contributed by atoms with Crippen molar-refractivity contribution in [3.63, 3.8) is 0 Å². The van der Waals surface area contributed by atoms with Gasteiger partial charge in [-0.25, -0.2) is 0 Å². The third-order valence-electron chi connectivity index (χ3n) is 0.824. The van der Waals surface area contributed by atoms with Crippen LogP contribution in [0.1, 0.15) is 0 Å². The molecular weight excluding hydrogens is 108 g/mol. The molecule has 0 atom stereocenters. The zero-order chi connectivity index (χ0) is 6.57. The van der Waals surface area contributed by atoms with Gasteiger partial charge in [0.15, 0.2) is 0 Å². The van der Waals surface area contributed by atoms with E-state index in [4.69, 9.17) is 23.2 Å². The molecule has 0 saturated carbocycles. The molecule has 0 bridgehead atoms. The second kappa shape index (κ2) is 4.54. The molecule has 27 valence electrons. The van der Waals surface area contributed by atoms with Crippen LogP contribution in [0.5, 0.6) is 0 Å². The maximum atomic E-state index is 5.23. The van der Waals surface area contributed by atoms with E-state index in [1.165, 1.54) is 13.1 Å². The van der Waals surface area contributed by atoms with Crippen LogP contribution in [0.15, 0.2) is 0 Å². The van der Waals surface area contributed by atoms with Crippen molar-refractivity contribution >= 4 is 61.1 Å². The fourth-order valence-electron chi connectivity index (χ4n) is 0.264. The fraction of sp³-hybridized carbons (Fsp3) is 0. The van der Waals surface area contributed by atoms with E-state index in [9.17, 15) is 0 Å². The summed E-state index contributed by atoms with van der Waals surface area (Å²) in [5.74, 6) is 0. The SMILES string of the molecule is [B][B]B(B=S)B([B])[B]. The van der Waals surface area contributed by atoms with Gasteiger partial charge in [-0.2, -0.15) is 0 Å². The van der Waals surface area contributed by atoms with Crippen LogP contribution in [-0.2, 0) is 0 Å². The van der Waals surface area contributed by atoms with Gasteiger partial charge in [0.1, 0.15) is 0 Å². The topological polar surface area (TPSA) is 0 Å². The van der Waals surface area contributed by atoms with Crippen molar-refractivity contribution < 1.29 is 0 Å². The Labute approximate surface area is 61.6 Å². The van der Waals surface area contributed by atoms with Crippen molar-refractivity contribution in [1.29, 1.82) is 0 Å². The quantitative estimate of drug-likeness (QED) is 0.376. The molecule has 0 rings (SSSR count). The van der Waals surface area contributed by atoms with E-state index in [0.29, 0.717) is 0 Å². The summed E-state index contributed by atoms with van der Waals surface area (Å²) in [6.45, 7) is 0.